The first-order valence-corrected chi connectivity index (χ1v) is 6.91. The highest BCUT2D eigenvalue weighted by Gasteiger charge is 2.22. The largest absolute Gasteiger partial charge is 0.0891 e. The third-order valence-corrected chi connectivity index (χ3v) is 4.26. The Hall–Kier alpha value is -0.300. The molecule has 0 spiro atoms. The number of aryl methyl sites for hydroxylation is 1. The second kappa shape index (κ2) is 5.16. The van der Waals surface area contributed by atoms with E-state index in [9.17, 15) is 0 Å². The lowest BCUT2D eigenvalue weighted by Crippen LogP contribution is -2.00. The van der Waals surface area contributed by atoms with Gasteiger partial charge in [-0.2, -0.15) is 0 Å². The van der Waals surface area contributed by atoms with E-state index in [2.05, 4.69) is 47.1 Å². The van der Waals surface area contributed by atoms with Gasteiger partial charge in [0.15, 0.2) is 0 Å². The van der Waals surface area contributed by atoms with Crippen molar-refractivity contribution in [3.8, 4) is 0 Å². The molecular weight excluding hydrogens is 248 g/mol. The molecule has 1 aliphatic rings. The fourth-order valence-electron chi connectivity index (χ4n) is 2.44. The Labute approximate surface area is 101 Å². The first-order valence-electron chi connectivity index (χ1n) is 6.00. The molecule has 1 saturated carbocycles. The van der Waals surface area contributed by atoms with Crippen molar-refractivity contribution in [1.29, 1.82) is 0 Å². The van der Waals surface area contributed by atoms with Crippen LogP contribution in [0.4, 0.5) is 0 Å². The van der Waals surface area contributed by atoms with Crippen molar-refractivity contribution >= 4 is 15.9 Å². The second-order valence-electron chi connectivity index (χ2n) is 4.65. The predicted octanol–water partition coefficient (Wildman–Crippen LogP) is 4.36. The lowest BCUT2D eigenvalue weighted by Gasteiger charge is -2.09. The summed E-state index contributed by atoms with van der Waals surface area (Å²) in [4.78, 5) is 0.775. The lowest BCUT2D eigenvalue weighted by molar-refractivity contribution is 0.548. The number of hydrogen-bond donors (Lipinski definition) is 0. The van der Waals surface area contributed by atoms with E-state index in [0.717, 1.165) is 17.2 Å². The highest BCUT2D eigenvalue weighted by atomic mass is 79.9. The molecule has 0 radical (unpaired) electrons. The van der Waals surface area contributed by atoms with E-state index in [-0.39, 0.29) is 0 Å². The average Bonchev–Trinajstić information content (AvgIpc) is 2.65. The van der Waals surface area contributed by atoms with Crippen molar-refractivity contribution in [3.63, 3.8) is 0 Å². The minimum Gasteiger partial charge on any atom is -0.0891 e. The van der Waals surface area contributed by atoms with Crippen molar-refractivity contribution in [2.24, 2.45) is 5.92 Å². The van der Waals surface area contributed by atoms with Crippen molar-refractivity contribution in [2.45, 2.75) is 43.9 Å². The zero-order valence-electron chi connectivity index (χ0n) is 9.38. The molecule has 0 nitrogen and oxygen atoms in total. The van der Waals surface area contributed by atoms with E-state index in [4.69, 9.17) is 0 Å². The molecule has 1 aliphatic carbocycles. The van der Waals surface area contributed by atoms with Gasteiger partial charge in [0, 0.05) is 4.83 Å². The number of alkyl halides is 1. The predicted molar refractivity (Wildman–Crippen MR) is 69.6 cm³/mol. The maximum absolute atomic E-state index is 3.71. The average molecular weight is 267 g/mol. The summed E-state index contributed by atoms with van der Waals surface area (Å²) >= 11 is 3.71. The van der Waals surface area contributed by atoms with Gasteiger partial charge in [0.05, 0.1) is 0 Å². The Morgan fingerprint density at radius 1 is 1.13 bits per heavy atom. The molecule has 0 aliphatic heterocycles. The lowest BCUT2D eigenvalue weighted by atomic mass is 9.97. The molecular formula is C14H19Br. The van der Waals surface area contributed by atoms with Crippen LogP contribution in [0.1, 0.15) is 37.3 Å². The maximum atomic E-state index is 3.71. The summed E-state index contributed by atoms with van der Waals surface area (Å²) in [7, 11) is 0. The first-order chi connectivity index (χ1) is 7.28. The molecule has 1 fully saturated rings. The van der Waals surface area contributed by atoms with Gasteiger partial charge in [0.25, 0.3) is 0 Å². The number of halogens is 1. The monoisotopic (exact) mass is 266 g/mol. The van der Waals surface area contributed by atoms with Gasteiger partial charge in [0.2, 0.25) is 0 Å². The van der Waals surface area contributed by atoms with E-state index in [0.29, 0.717) is 0 Å². The Morgan fingerprint density at radius 2 is 1.80 bits per heavy atom. The van der Waals surface area contributed by atoms with Crippen molar-refractivity contribution in [3.05, 3.63) is 35.4 Å². The second-order valence-corrected chi connectivity index (χ2v) is 5.95. The summed E-state index contributed by atoms with van der Waals surface area (Å²) in [5.41, 5.74) is 2.96. The molecule has 0 bridgehead atoms. The third kappa shape index (κ3) is 3.07. The quantitative estimate of drug-likeness (QED) is 0.714. The Kier molecular flexibility index (Phi) is 3.85. The molecule has 2 atom stereocenters. The van der Waals surface area contributed by atoms with E-state index in [1.54, 1.807) is 0 Å². The number of benzene rings is 1. The van der Waals surface area contributed by atoms with Crippen molar-refractivity contribution in [2.75, 3.05) is 0 Å². The van der Waals surface area contributed by atoms with Crippen molar-refractivity contribution < 1.29 is 0 Å². The molecule has 0 heterocycles. The van der Waals surface area contributed by atoms with Gasteiger partial charge in [-0.3, -0.25) is 0 Å². The summed E-state index contributed by atoms with van der Waals surface area (Å²) in [6, 6.07) is 9.16. The summed E-state index contributed by atoms with van der Waals surface area (Å²) in [5, 5.41) is 0. The van der Waals surface area contributed by atoms with E-state index < -0.39 is 0 Å². The fourth-order valence-corrected chi connectivity index (χ4v) is 3.24. The summed E-state index contributed by atoms with van der Waals surface area (Å²) < 4.78 is 0. The van der Waals surface area contributed by atoms with Crippen LogP contribution >= 0.6 is 15.9 Å². The molecule has 1 heteroatoms. The van der Waals surface area contributed by atoms with E-state index in [1.807, 2.05) is 0 Å². The Bertz CT molecular complexity index is 302. The van der Waals surface area contributed by atoms with Crippen LogP contribution in [0.25, 0.3) is 0 Å². The van der Waals surface area contributed by atoms with Gasteiger partial charge in [-0.15, -0.1) is 0 Å². The van der Waals surface area contributed by atoms with Crippen LogP contribution in [0.15, 0.2) is 24.3 Å². The highest BCUT2D eigenvalue weighted by Crippen LogP contribution is 2.32. The summed E-state index contributed by atoms with van der Waals surface area (Å²) in [6.07, 6.45) is 6.53. The van der Waals surface area contributed by atoms with Gasteiger partial charge < -0.3 is 0 Å². The number of hydrogen-bond acceptors (Lipinski definition) is 0. The smallest absolute Gasteiger partial charge is 0.0148 e. The van der Waals surface area contributed by atoms with Gasteiger partial charge in [-0.25, -0.2) is 0 Å². The van der Waals surface area contributed by atoms with Crippen LogP contribution in [-0.2, 0) is 12.8 Å². The molecule has 0 aromatic heterocycles. The van der Waals surface area contributed by atoms with E-state index in [1.165, 1.54) is 36.8 Å². The highest BCUT2D eigenvalue weighted by molar-refractivity contribution is 9.09. The Morgan fingerprint density at radius 3 is 2.33 bits per heavy atom. The standard InChI is InChI=1S/C14H19Br/c1-2-11-3-5-12(6-4-11)9-13-7-8-14(15)10-13/h3-6,13-14H,2,7-10H2,1H3. The van der Waals surface area contributed by atoms with Gasteiger partial charge in [-0.1, -0.05) is 47.1 Å². The molecule has 0 saturated heterocycles. The van der Waals surface area contributed by atoms with Crippen LogP contribution in [0, 0.1) is 5.92 Å². The maximum Gasteiger partial charge on any atom is 0.0148 e. The van der Waals surface area contributed by atoms with Crippen LogP contribution in [0.5, 0.6) is 0 Å². The molecule has 1 aromatic rings. The first kappa shape index (κ1) is 11.2. The topological polar surface area (TPSA) is 0 Å². The van der Waals surface area contributed by atoms with Crippen LogP contribution in [-0.4, -0.2) is 4.83 Å². The zero-order chi connectivity index (χ0) is 10.7. The Balaban J connectivity index is 1.93. The van der Waals surface area contributed by atoms with Crippen LogP contribution < -0.4 is 0 Å². The third-order valence-electron chi connectivity index (χ3n) is 3.43. The molecule has 1 aromatic carbocycles. The SMILES string of the molecule is CCc1ccc(CC2CCC(Br)C2)cc1. The fraction of sp³-hybridized carbons (Fsp3) is 0.571. The summed E-state index contributed by atoms with van der Waals surface area (Å²) in [6.45, 7) is 2.21. The number of rotatable bonds is 3. The zero-order valence-corrected chi connectivity index (χ0v) is 11.0. The van der Waals surface area contributed by atoms with Crippen LogP contribution in [0.2, 0.25) is 0 Å². The molecule has 2 rings (SSSR count). The normalized spacial score (nSPS) is 25.7. The van der Waals surface area contributed by atoms with Gasteiger partial charge >= 0.3 is 0 Å². The minimum absolute atomic E-state index is 0.775. The van der Waals surface area contributed by atoms with Crippen LogP contribution in [0.3, 0.4) is 0 Å². The molecule has 15 heavy (non-hydrogen) atoms. The minimum atomic E-state index is 0.775. The summed E-state index contributed by atoms with van der Waals surface area (Å²) in [5.74, 6) is 0.904. The molecule has 82 valence electrons. The molecule has 0 N–H and O–H groups in total. The molecule has 2 unspecified atom stereocenters. The van der Waals surface area contributed by atoms with Gasteiger partial charge in [-0.05, 0) is 49.1 Å². The van der Waals surface area contributed by atoms with E-state index >= 15 is 0 Å². The van der Waals surface area contributed by atoms with Gasteiger partial charge in [0.1, 0.15) is 0 Å². The molecule has 0 amide bonds. The van der Waals surface area contributed by atoms with Crippen molar-refractivity contribution in [1.82, 2.24) is 0 Å².